The van der Waals surface area contributed by atoms with E-state index in [2.05, 4.69) is 42.2 Å². The molecule has 2 aromatic rings. The van der Waals surface area contributed by atoms with Crippen molar-refractivity contribution in [1.29, 1.82) is 0 Å². The van der Waals surface area contributed by atoms with Crippen molar-refractivity contribution in [3.63, 3.8) is 0 Å². The van der Waals surface area contributed by atoms with Gasteiger partial charge in [-0.15, -0.1) is 11.3 Å². The number of aliphatic imine (C=N–C) groups is 1. The number of nitrogens with one attached hydrogen (secondary N) is 7. The molecule has 5 rings (SSSR count). The summed E-state index contributed by atoms with van der Waals surface area (Å²) in [6.07, 6.45) is 3.83. The molecule has 2 saturated heterocycles. The molecule has 428 valence electrons. The molecule has 7 atom stereocenters. The van der Waals surface area contributed by atoms with Crippen molar-refractivity contribution in [2.45, 2.75) is 151 Å². The number of carbonyl (C=O) groups excluding carboxylic acids is 10. The lowest BCUT2D eigenvalue weighted by atomic mass is 9.85. The first-order valence-corrected chi connectivity index (χ1v) is 29.4. The maximum absolute atomic E-state index is 14.9. The molecule has 1 saturated carbocycles. The van der Waals surface area contributed by atoms with Gasteiger partial charge in [-0.3, -0.25) is 52.9 Å². The second kappa shape index (κ2) is 30.5. The predicted octanol–water partition coefficient (Wildman–Crippen LogP) is -0.494. The molecule has 1 aromatic heterocycles. The third kappa shape index (κ3) is 19.4. The summed E-state index contributed by atoms with van der Waals surface area (Å²) in [5, 5.41) is 20.8. The van der Waals surface area contributed by atoms with Crippen LogP contribution in [0.1, 0.15) is 102 Å². The monoisotopic (exact) mass is 1140 g/mol. The Morgan fingerprint density at radius 3 is 2.14 bits per heavy atom. The third-order valence-corrected chi connectivity index (χ3v) is 17.6. The Balaban J connectivity index is 1.51. The molecule has 0 radical (unpaired) electrons. The summed E-state index contributed by atoms with van der Waals surface area (Å²) in [5.74, 6) is -7.82. The van der Waals surface area contributed by atoms with E-state index >= 15 is 0 Å². The Bertz CT molecular complexity index is 2450. The Hall–Kier alpha value is -6.61. The summed E-state index contributed by atoms with van der Waals surface area (Å²) in [6.45, 7) is 5.29. The Labute approximate surface area is 465 Å². The molecular formula is C51H75N13O11S3. The van der Waals surface area contributed by atoms with Crippen molar-refractivity contribution >= 4 is 98.0 Å². The highest BCUT2D eigenvalue weighted by molar-refractivity contribution is 8.77. The van der Waals surface area contributed by atoms with E-state index in [-0.39, 0.29) is 63.3 Å². The molecule has 10 amide bonds. The number of hydrogen-bond acceptors (Lipinski definition) is 15. The normalized spacial score (nSPS) is 23.1. The molecule has 3 fully saturated rings. The number of nitrogens with zero attached hydrogens (tertiary/aromatic N) is 2. The summed E-state index contributed by atoms with van der Waals surface area (Å²) in [5.41, 5.74) is 22.5. The SMILES string of the molecule is CCOc1ccc(C[C@H]2NC(=O)CC3(CCCCC3)SSC[C@@H](C(=O)N3CCC[C@H]3C(=O)N[C@@H](CCCN=C(N)N)C(=O)NCC(N)=O)NC(=O)[C@H](CC(N)=O)NC(=O)[C@H](C(C)C)NC(=O)[C@H](Cc3cccs3)NC2=O)cc1. The van der Waals surface area contributed by atoms with Crippen LogP contribution in [0.15, 0.2) is 46.8 Å². The third-order valence-electron chi connectivity index (χ3n) is 13.4. The molecule has 15 N–H and O–H groups in total. The molecule has 1 aliphatic carbocycles. The van der Waals surface area contributed by atoms with Crippen LogP contribution in [-0.2, 0) is 60.8 Å². The lowest BCUT2D eigenvalue weighted by molar-refractivity contribution is -0.142. The van der Waals surface area contributed by atoms with Crippen LogP contribution in [0.3, 0.4) is 0 Å². The molecule has 0 unspecified atom stereocenters. The molecule has 1 aromatic carbocycles. The van der Waals surface area contributed by atoms with E-state index in [1.54, 1.807) is 50.2 Å². The molecule has 78 heavy (non-hydrogen) atoms. The van der Waals surface area contributed by atoms with Gasteiger partial charge >= 0.3 is 0 Å². The van der Waals surface area contributed by atoms with Gasteiger partial charge in [0.25, 0.3) is 0 Å². The highest BCUT2D eigenvalue weighted by Crippen LogP contribution is 2.48. The van der Waals surface area contributed by atoms with Crippen LogP contribution < -0.4 is 64.9 Å². The van der Waals surface area contributed by atoms with Crippen molar-refractivity contribution in [2.75, 3.05) is 32.0 Å². The largest absolute Gasteiger partial charge is 0.494 e. The molecule has 2 aliphatic heterocycles. The average molecular weight is 1140 g/mol. The van der Waals surface area contributed by atoms with E-state index in [4.69, 9.17) is 27.7 Å². The lowest BCUT2D eigenvalue weighted by Gasteiger charge is -2.37. The second-order valence-electron chi connectivity index (χ2n) is 19.9. The predicted molar refractivity (Wildman–Crippen MR) is 297 cm³/mol. The van der Waals surface area contributed by atoms with Gasteiger partial charge in [0.1, 0.15) is 48.0 Å². The van der Waals surface area contributed by atoms with Gasteiger partial charge < -0.3 is 69.8 Å². The summed E-state index contributed by atoms with van der Waals surface area (Å²) in [7, 11) is 2.59. The van der Waals surface area contributed by atoms with Gasteiger partial charge in [0.15, 0.2) is 5.96 Å². The van der Waals surface area contributed by atoms with Crippen LogP contribution in [-0.4, -0.2) is 149 Å². The first-order chi connectivity index (χ1) is 37.2. The molecule has 24 nitrogen and oxygen atoms in total. The highest BCUT2D eigenvalue weighted by Gasteiger charge is 2.42. The minimum Gasteiger partial charge on any atom is -0.494 e. The number of likely N-dealkylation sites (tertiary alicyclic amines) is 1. The number of benzene rings is 1. The van der Waals surface area contributed by atoms with Gasteiger partial charge in [0.2, 0.25) is 59.1 Å². The quantitative estimate of drug-likeness (QED) is 0.0366. The number of hydrogen-bond donors (Lipinski definition) is 11. The van der Waals surface area contributed by atoms with Crippen LogP contribution in [0, 0.1) is 5.92 Å². The van der Waals surface area contributed by atoms with Gasteiger partial charge in [0, 0.05) is 47.7 Å². The topological polar surface area (TPSA) is 384 Å². The van der Waals surface area contributed by atoms with E-state index in [0.29, 0.717) is 37.2 Å². The lowest BCUT2D eigenvalue weighted by Crippen LogP contribution is -2.61. The average Bonchev–Trinajstić information content (AvgIpc) is 4.11. The van der Waals surface area contributed by atoms with Gasteiger partial charge in [-0.05, 0) is 80.5 Å². The van der Waals surface area contributed by atoms with E-state index in [9.17, 15) is 47.9 Å². The first-order valence-electron chi connectivity index (χ1n) is 26.2. The zero-order valence-corrected chi connectivity index (χ0v) is 46.8. The van der Waals surface area contributed by atoms with E-state index in [1.165, 1.54) is 37.8 Å². The number of thiophene rings is 1. The van der Waals surface area contributed by atoms with Crippen molar-refractivity contribution in [3.8, 4) is 5.75 Å². The van der Waals surface area contributed by atoms with Crippen molar-refractivity contribution in [2.24, 2.45) is 33.8 Å². The van der Waals surface area contributed by atoms with Gasteiger partial charge in [-0.25, -0.2) is 0 Å². The summed E-state index contributed by atoms with van der Waals surface area (Å²) >= 11 is 1.35. The van der Waals surface area contributed by atoms with Gasteiger partial charge in [-0.1, -0.05) is 72.9 Å². The van der Waals surface area contributed by atoms with E-state index in [0.717, 1.165) is 24.1 Å². The van der Waals surface area contributed by atoms with Gasteiger partial charge in [0.05, 0.1) is 19.6 Å². The van der Waals surface area contributed by atoms with Crippen LogP contribution >= 0.6 is 32.9 Å². The molecule has 3 heterocycles. The van der Waals surface area contributed by atoms with E-state index in [1.807, 2.05) is 12.3 Å². The molecule has 27 heteroatoms. The Kier molecular flexibility index (Phi) is 24.3. The summed E-state index contributed by atoms with van der Waals surface area (Å²) < 4.78 is 4.92. The minimum absolute atomic E-state index is 0.0254. The fourth-order valence-corrected chi connectivity index (χ4v) is 13.6. The maximum Gasteiger partial charge on any atom is 0.246 e. The standard InChI is InChI=1S/C51H75N13O11S3/c1-4-75-31-16-14-30(15-17-31)23-34-44(69)60-35(24-32-11-10-22-76-32)46(71)63-42(29(2)3)48(73)61-36(25-39(52)65)45(70)62-37(28-77-78-51(26-41(67)58-34)18-6-5-7-19-51)49(74)64-21-9-13-38(64)47(72)59-33(12-8-20-56-50(54)55)43(68)57-27-40(53)66/h10-11,14-17,22,29,33-38,42H,4-9,12-13,18-21,23-28H2,1-3H3,(H2,52,65)(H2,53,66)(H,57,68)(H,58,67)(H,59,72)(H,60,69)(H,61,73)(H,62,70)(H,63,71)(H4,54,55,56)/t33-,34+,35-,36-,37-,38-,42-/m0/s1. The van der Waals surface area contributed by atoms with Crippen LogP contribution in [0.2, 0.25) is 0 Å². The zero-order chi connectivity index (χ0) is 56.9. The molecule has 1 spiro atoms. The molecule has 3 aliphatic rings. The second-order valence-corrected chi connectivity index (χ2v) is 23.8. The van der Waals surface area contributed by atoms with Crippen molar-refractivity contribution in [3.05, 3.63) is 52.2 Å². The number of primary amides is 2. The highest BCUT2D eigenvalue weighted by atomic mass is 33.1. The molecular weight excluding hydrogens is 1070 g/mol. The summed E-state index contributed by atoms with van der Waals surface area (Å²) in [4.78, 5) is 145. The fourth-order valence-electron chi connectivity index (χ4n) is 9.44. The maximum atomic E-state index is 14.9. The zero-order valence-electron chi connectivity index (χ0n) is 44.3. The molecule has 0 bridgehead atoms. The van der Waals surface area contributed by atoms with E-state index < -0.39 is 125 Å². The van der Waals surface area contributed by atoms with Crippen molar-refractivity contribution < 1.29 is 52.7 Å². The Morgan fingerprint density at radius 2 is 1.50 bits per heavy atom. The van der Waals surface area contributed by atoms with Crippen molar-refractivity contribution in [1.82, 2.24) is 42.1 Å². The van der Waals surface area contributed by atoms with Gasteiger partial charge in [-0.2, -0.15) is 0 Å². The number of ether oxygens (including phenoxy) is 1. The number of amides is 10. The number of guanidine groups is 1. The van der Waals surface area contributed by atoms with Crippen LogP contribution in [0.5, 0.6) is 5.75 Å². The van der Waals surface area contributed by atoms with Crippen LogP contribution in [0.4, 0.5) is 0 Å². The van der Waals surface area contributed by atoms with Crippen LogP contribution in [0.25, 0.3) is 0 Å². The minimum atomic E-state index is -1.65. The fraction of sp³-hybridized carbons (Fsp3) is 0.588. The number of nitrogens with two attached hydrogens (primary N) is 4. The number of rotatable bonds is 19. The summed E-state index contributed by atoms with van der Waals surface area (Å²) in [6, 6.07) is 1.59. The smallest absolute Gasteiger partial charge is 0.246 e. The Morgan fingerprint density at radius 1 is 0.821 bits per heavy atom. The number of carbonyl (C=O) groups is 10. The first kappa shape index (κ1) is 62.2.